The fourth-order valence-electron chi connectivity index (χ4n) is 2.35. The molecule has 0 saturated heterocycles. The Kier molecular flexibility index (Phi) is 4.81. The van der Waals surface area contributed by atoms with E-state index in [1.165, 1.54) is 14.0 Å². The van der Waals surface area contributed by atoms with Crippen molar-refractivity contribution >= 4 is 33.4 Å². The van der Waals surface area contributed by atoms with Gasteiger partial charge >= 0.3 is 5.97 Å². The molecule has 124 valence electrons. The number of carbonyl (C=O) groups is 2. The number of aromatic nitrogens is 2. The van der Waals surface area contributed by atoms with E-state index in [2.05, 4.69) is 4.98 Å². The molecule has 0 aromatic carbocycles. The number of methoxy groups -OCH3 is 1. The Hall–Kier alpha value is -2.26. The van der Waals surface area contributed by atoms with Crippen LogP contribution in [0.4, 0.5) is 0 Å². The summed E-state index contributed by atoms with van der Waals surface area (Å²) in [5.41, 5.74) is 5.26. The summed E-state index contributed by atoms with van der Waals surface area (Å²) in [6.45, 7) is 3.30. The van der Waals surface area contributed by atoms with Gasteiger partial charge in [-0.15, -0.1) is 11.3 Å². The molecule has 0 saturated carbocycles. The van der Waals surface area contributed by atoms with E-state index in [1.807, 2.05) is 0 Å². The predicted octanol–water partition coefficient (Wildman–Crippen LogP) is 0.700. The monoisotopic (exact) mass is 339 g/mol. The summed E-state index contributed by atoms with van der Waals surface area (Å²) in [5.74, 6) is -1.48. The summed E-state index contributed by atoms with van der Waals surface area (Å²) < 4.78 is 6.12. The number of rotatable bonds is 6. The van der Waals surface area contributed by atoms with Gasteiger partial charge in [-0.3, -0.25) is 14.2 Å². The fourth-order valence-corrected chi connectivity index (χ4v) is 3.39. The Morgan fingerprint density at radius 1 is 1.48 bits per heavy atom. The molecule has 0 radical (unpaired) electrons. The predicted molar refractivity (Wildman–Crippen MR) is 85.1 cm³/mol. The average molecular weight is 339 g/mol. The van der Waals surface area contributed by atoms with E-state index in [1.54, 1.807) is 6.92 Å². The number of amides is 1. The number of aliphatic carboxylic acids is 1. The highest BCUT2D eigenvalue weighted by molar-refractivity contribution is 7.20. The topological polar surface area (TPSA) is 125 Å². The Morgan fingerprint density at radius 3 is 2.65 bits per heavy atom. The number of primary amides is 1. The maximum absolute atomic E-state index is 12.8. The van der Waals surface area contributed by atoms with Crippen molar-refractivity contribution in [3.8, 4) is 0 Å². The molecule has 2 aromatic heterocycles. The Balaban J connectivity index is 2.81. The van der Waals surface area contributed by atoms with Gasteiger partial charge in [-0.1, -0.05) is 0 Å². The number of nitrogens with zero attached hydrogens (tertiary/aromatic N) is 2. The molecule has 2 heterocycles. The van der Waals surface area contributed by atoms with Gasteiger partial charge < -0.3 is 15.6 Å². The van der Waals surface area contributed by atoms with Gasteiger partial charge in [-0.2, -0.15) is 0 Å². The molecule has 0 bridgehead atoms. The highest BCUT2D eigenvalue weighted by Gasteiger charge is 2.24. The molecule has 0 aliphatic rings. The van der Waals surface area contributed by atoms with Gasteiger partial charge in [0.2, 0.25) is 0 Å². The van der Waals surface area contributed by atoms with E-state index in [0.717, 1.165) is 15.9 Å². The van der Waals surface area contributed by atoms with Crippen LogP contribution in [0, 0.1) is 6.92 Å². The fraction of sp³-hybridized carbons (Fsp3) is 0.429. The van der Waals surface area contributed by atoms with Gasteiger partial charge in [-0.25, -0.2) is 9.78 Å². The largest absolute Gasteiger partial charge is 0.480 e. The van der Waals surface area contributed by atoms with E-state index in [4.69, 9.17) is 10.5 Å². The number of hydrogen-bond donors (Lipinski definition) is 2. The van der Waals surface area contributed by atoms with Crippen molar-refractivity contribution in [3.63, 3.8) is 0 Å². The van der Waals surface area contributed by atoms with Crippen LogP contribution in [0.1, 0.15) is 34.0 Å². The number of carboxylic acid groups (broad SMARTS) is 1. The molecule has 0 fully saturated rings. The lowest BCUT2D eigenvalue weighted by atomic mass is 10.2. The van der Waals surface area contributed by atoms with Crippen LogP contribution < -0.4 is 11.3 Å². The lowest BCUT2D eigenvalue weighted by Gasteiger charge is -2.16. The lowest BCUT2D eigenvalue weighted by Crippen LogP contribution is -2.32. The van der Waals surface area contributed by atoms with E-state index in [9.17, 15) is 19.5 Å². The summed E-state index contributed by atoms with van der Waals surface area (Å²) in [4.78, 5) is 40.6. The minimum absolute atomic E-state index is 0.234. The van der Waals surface area contributed by atoms with Crippen LogP contribution in [0.3, 0.4) is 0 Å². The van der Waals surface area contributed by atoms with Crippen molar-refractivity contribution in [1.82, 2.24) is 9.55 Å². The van der Waals surface area contributed by atoms with Crippen molar-refractivity contribution in [3.05, 3.63) is 26.6 Å². The summed E-state index contributed by atoms with van der Waals surface area (Å²) in [6, 6.07) is -1.08. The number of hydrogen-bond acceptors (Lipinski definition) is 6. The maximum Gasteiger partial charge on any atom is 0.326 e. The third-order valence-electron chi connectivity index (χ3n) is 3.57. The highest BCUT2D eigenvalue weighted by atomic mass is 32.1. The molecule has 23 heavy (non-hydrogen) atoms. The molecule has 2 rings (SSSR count). The van der Waals surface area contributed by atoms with Gasteiger partial charge in [0.1, 0.15) is 16.7 Å². The molecule has 1 unspecified atom stereocenters. The number of ether oxygens (including phenoxy) is 1. The van der Waals surface area contributed by atoms with Crippen molar-refractivity contribution in [1.29, 1.82) is 0 Å². The van der Waals surface area contributed by atoms with E-state index >= 15 is 0 Å². The first-order chi connectivity index (χ1) is 10.8. The zero-order valence-corrected chi connectivity index (χ0v) is 13.8. The van der Waals surface area contributed by atoms with Crippen LogP contribution >= 0.6 is 11.3 Å². The summed E-state index contributed by atoms with van der Waals surface area (Å²) >= 11 is 1.04. The molecule has 0 spiro atoms. The second-order valence-corrected chi connectivity index (χ2v) is 6.06. The molecule has 1 amide bonds. The molecule has 8 nitrogen and oxygen atoms in total. The second kappa shape index (κ2) is 6.47. The molecule has 2 aromatic rings. The van der Waals surface area contributed by atoms with Crippen LogP contribution in [0.15, 0.2) is 4.79 Å². The smallest absolute Gasteiger partial charge is 0.326 e. The number of fused-ring (bicyclic) bond motifs is 1. The highest BCUT2D eigenvalue weighted by Crippen LogP contribution is 2.27. The summed E-state index contributed by atoms with van der Waals surface area (Å²) in [6.07, 6.45) is 0.280. The molecular weight excluding hydrogens is 322 g/mol. The van der Waals surface area contributed by atoms with E-state index in [-0.39, 0.29) is 23.3 Å². The standard InChI is InChI=1S/C14H17N3O5S/c1-6-9-12(23-10(6)11(15)18)16-8(4-5-22-3)17(13(9)19)7(2)14(20)21/h7H,4-5H2,1-3H3,(H2,15,18)(H,20,21). The van der Waals surface area contributed by atoms with Crippen LogP contribution in [-0.4, -0.2) is 40.3 Å². The maximum atomic E-state index is 12.8. The average Bonchev–Trinajstić information content (AvgIpc) is 2.81. The number of thiophene rings is 1. The Labute approximate surface area is 135 Å². The molecule has 0 aliphatic carbocycles. The van der Waals surface area contributed by atoms with Crippen LogP contribution in [0.5, 0.6) is 0 Å². The third-order valence-corrected chi connectivity index (χ3v) is 4.77. The van der Waals surface area contributed by atoms with Gasteiger partial charge in [0, 0.05) is 13.5 Å². The van der Waals surface area contributed by atoms with Gasteiger partial charge in [-0.05, 0) is 19.4 Å². The Morgan fingerprint density at radius 2 is 2.13 bits per heavy atom. The first-order valence-corrected chi connectivity index (χ1v) is 7.67. The minimum atomic E-state index is -1.14. The van der Waals surface area contributed by atoms with Gasteiger partial charge in [0.05, 0.1) is 16.9 Å². The third kappa shape index (κ3) is 2.97. The summed E-state index contributed by atoms with van der Waals surface area (Å²) in [7, 11) is 1.50. The SMILES string of the molecule is COCCc1nc2sc(C(N)=O)c(C)c2c(=O)n1C(C)C(=O)O. The van der Waals surface area contributed by atoms with Crippen molar-refractivity contribution in [2.75, 3.05) is 13.7 Å². The van der Waals surface area contributed by atoms with Crippen LogP contribution in [0.2, 0.25) is 0 Å². The van der Waals surface area contributed by atoms with Gasteiger partial charge in [0.15, 0.2) is 0 Å². The number of carbonyl (C=O) groups excluding carboxylic acids is 1. The van der Waals surface area contributed by atoms with Crippen molar-refractivity contribution < 1.29 is 19.4 Å². The van der Waals surface area contributed by atoms with E-state index < -0.39 is 23.5 Å². The normalized spacial score (nSPS) is 12.5. The minimum Gasteiger partial charge on any atom is -0.480 e. The molecular formula is C14H17N3O5S. The van der Waals surface area contributed by atoms with Crippen molar-refractivity contribution in [2.24, 2.45) is 5.73 Å². The quantitative estimate of drug-likeness (QED) is 0.798. The molecule has 3 N–H and O–H groups in total. The van der Waals surface area contributed by atoms with Crippen LogP contribution in [-0.2, 0) is 16.0 Å². The van der Waals surface area contributed by atoms with Crippen LogP contribution in [0.25, 0.3) is 10.2 Å². The zero-order chi connectivity index (χ0) is 17.3. The van der Waals surface area contributed by atoms with Gasteiger partial charge in [0.25, 0.3) is 11.5 Å². The summed E-state index contributed by atoms with van der Waals surface area (Å²) in [5, 5.41) is 9.49. The second-order valence-electron chi connectivity index (χ2n) is 5.06. The number of carboxylic acids is 1. The molecule has 9 heteroatoms. The van der Waals surface area contributed by atoms with Crippen molar-refractivity contribution in [2.45, 2.75) is 26.3 Å². The number of nitrogens with two attached hydrogens (primary N) is 1. The number of aryl methyl sites for hydroxylation is 1. The zero-order valence-electron chi connectivity index (χ0n) is 13.0. The Bertz CT molecular complexity index is 839. The first-order valence-electron chi connectivity index (χ1n) is 6.85. The molecule has 0 aliphatic heterocycles. The first kappa shape index (κ1) is 17.1. The van der Waals surface area contributed by atoms with E-state index in [0.29, 0.717) is 16.2 Å². The molecule has 1 atom stereocenters. The lowest BCUT2D eigenvalue weighted by molar-refractivity contribution is -0.140.